The summed E-state index contributed by atoms with van der Waals surface area (Å²) in [6.07, 6.45) is 2.20. The number of rotatable bonds is 12. The Hall–Kier alpha value is -1.83. The fourth-order valence-corrected chi connectivity index (χ4v) is 3.29. The van der Waals surface area contributed by atoms with E-state index in [1.165, 1.54) is 5.56 Å². The van der Waals surface area contributed by atoms with Crippen molar-refractivity contribution < 1.29 is 14.2 Å². The predicted molar refractivity (Wildman–Crippen MR) is 122 cm³/mol. The van der Waals surface area contributed by atoms with Crippen LogP contribution in [0.2, 0.25) is 0 Å². The molecular weight excluding hydrogens is 380 g/mol. The first kappa shape index (κ1) is 24.4. The summed E-state index contributed by atoms with van der Waals surface area (Å²) in [5.74, 6) is 1.70. The van der Waals surface area contributed by atoms with Crippen LogP contribution in [0.1, 0.15) is 37.8 Å². The van der Waals surface area contributed by atoms with Crippen molar-refractivity contribution in [1.29, 1.82) is 0 Å². The molecule has 1 fully saturated rings. The molecule has 1 aliphatic rings. The van der Waals surface area contributed by atoms with Crippen LogP contribution in [0.15, 0.2) is 23.2 Å². The molecule has 1 aliphatic heterocycles. The zero-order valence-electron chi connectivity index (χ0n) is 19.4. The second kappa shape index (κ2) is 13.5. The van der Waals surface area contributed by atoms with Gasteiger partial charge >= 0.3 is 0 Å². The minimum absolute atomic E-state index is 0.129. The normalized spacial score (nSPS) is 17.9. The van der Waals surface area contributed by atoms with Crippen LogP contribution in [0, 0.1) is 6.92 Å². The molecular formula is C23H40N4O3. The van der Waals surface area contributed by atoms with Crippen molar-refractivity contribution in [3.05, 3.63) is 29.3 Å². The van der Waals surface area contributed by atoms with Gasteiger partial charge in [-0.25, -0.2) is 4.99 Å². The fourth-order valence-electron chi connectivity index (χ4n) is 3.29. The van der Waals surface area contributed by atoms with Gasteiger partial charge in [0, 0.05) is 38.2 Å². The summed E-state index contributed by atoms with van der Waals surface area (Å²) >= 11 is 0. The van der Waals surface area contributed by atoms with Gasteiger partial charge in [-0.1, -0.05) is 12.1 Å². The van der Waals surface area contributed by atoms with Gasteiger partial charge in [0.2, 0.25) is 0 Å². The Kier molecular flexibility index (Phi) is 11.0. The highest BCUT2D eigenvalue weighted by Gasteiger charge is 2.19. The maximum Gasteiger partial charge on any atom is 0.191 e. The third-order valence-corrected chi connectivity index (χ3v) is 4.95. The van der Waals surface area contributed by atoms with Crippen molar-refractivity contribution in [3.63, 3.8) is 0 Å². The standard InChI is InChI=1S/C23H40N4O3/c1-6-24-23(26-16-20(29-7-2)10-12-27(4)5)25-15-19-9-8-18(3)14-22(19)30-21-11-13-28-17-21/h8-9,14,20-21H,6-7,10-13,15-17H2,1-5H3,(H2,24,25,26). The van der Waals surface area contributed by atoms with Crippen LogP contribution >= 0.6 is 0 Å². The molecule has 0 aliphatic carbocycles. The van der Waals surface area contributed by atoms with E-state index >= 15 is 0 Å². The lowest BCUT2D eigenvalue weighted by Crippen LogP contribution is -2.42. The SMILES string of the molecule is CCNC(=NCc1ccc(C)cc1OC1CCOC1)NCC(CCN(C)C)OCC. The molecule has 0 aromatic heterocycles. The van der Waals surface area contributed by atoms with Gasteiger partial charge in [0.05, 0.1) is 25.9 Å². The Morgan fingerprint density at radius 2 is 2.13 bits per heavy atom. The highest BCUT2D eigenvalue weighted by molar-refractivity contribution is 5.79. The van der Waals surface area contributed by atoms with Crippen molar-refractivity contribution in [2.24, 2.45) is 4.99 Å². The third kappa shape index (κ3) is 8.90. The number of aryl methyl sites for hydroxylation is 1. The minimum Gasteiger partial charge on any atom is -0.488 e. The molecule has 7 heteroatoms. The molecule has 1 heterocycles. The number of hydrogen-bond acceptors (Lipinski definition) is 5. The molecule has 1 saturated heterocycles. The van der Waals surface area contributed by atoms with E-state index in [1.807, 2.05) is 6.92 Å². The minimum atomic E-state index is 0.129. The zero-order valence-corrected chi connectivity index (χ0v) is 19.4. The van der Waals surface area contributed by atoms with Crippen molar-refractivity contribution >= 4 is 5.96 Å². The van der Waals surface area contributed by atoms with E-state index in [9.17, 15) is 0 Å². The number of nitrogens with zero attached hydrogens (tertiary/aromatic N) is 2. The Morgan fingerprint density at radius 3 is 2.80 bits per heavy atom. The van der Waals surface area contributed by atoms with Gasteiger partial charge in [0.15, 0.2) is 5.96 Å². The topological polar surface area (TPSA) is 67.4 Å². The van der Waals surface area contributed by atoms with Gasteiger partial charge in [0.25, 0.3) is 0 Å². The molecule has 30 heavy (non-hydrogen) atoms. The molecule has 0 radical (unpaired) electrons. The van der Waals surface area contributed by atoms with Crippen LogP contribution in [0.25, 0.3) is 0 Å². The summed E-state index contributed by atoms with van der Waals surface area (Å²) in [7, 11) is 4.17. The first-order valence-electron chi connectivity index (χ1n) is 11.1. The summed E-state index contributed by atoms with van der Waals surface area (Å²) < 4.78 is 17.5. The predicted octanol–water partition coefficient (Wildman–Crippen LogP) is 2.57. The second-order valence-corrected chi connectivity index (χ2v) is 7.96. The van der Waals surface area contributed by atoms with E-state index in [0.29, 0.717) is 19.8 Å². The molecule has 2 rings (SSSR count). The zero-order chi connectivity index (χ0) is 21.8. The highest BCUT2D eigenvalue weighted by Crippen LogP contribution is 2.24. The van der Waals surface area contributed by atoms with Gasteiger partial charge in [0.1, 0.15) is 11.9 Å². The third-order valence-electron chi connectivity index (χ3n) is 4.95. The van der Waals surface area contributed by atoms with Crippen LogP contribution < -0.4 is 15.4 Å². The van der Waals surface area contributed by atoms with Crippen molar-refractivity contribution in [2.45, 2.75) is 52.4 Å². The quantitative estimate of drug-likeness (QED) is 0.400. The van der Waals surface area contributed by atoms with Gasteiger partial charge < -0.3 is 29.7 Å². The molecule has 0 spiro atoms. The first-order valence-corrected chi connectivity index (χ1v) is 11.1. The molecule has 0 amide bonds. The van der Waals surface area contributed by atoms with Crippen molar-refractivity contribution in [3.8, 4) is 5.75 Å². The maximum absolute atomic E-state index is 6.20. The van der Waals surface area contributed by atoms with Crippen LogP contribution in [0.3, 0.4) is 0 Å². The Labute approximate surface area is 182 Å². The van der Waals surface area contributed by atoms with Gasteiger partial charge in [-0.3, -0.25) is 0 Å². The lowest BCUT2D eigenvalue weighted by atomic mass is 10.1. The van der Waals surface area contributed by atoms with E-state index < -0.39 is 0 Å². The van der Waals surface area contributed by atoms with Gasteiger partial charge in [-0.05, 0) is 52.9 Å². The molecule has 1 aromatic rings. The molecule has 0 bridgehead atoms. The maximum atomic E-state index is 6.20. The van der Waals surface area contributed by atoms with E-state index in [4.69, 9.17) is 19.2 Å². The van der Waals surface area contributed by atoms with E-state index in [0.717, 1.165) is 56.4 Å². The number of guanidine groups is 1. The molecule has 2 N–H and O–H groups in total. The largest absolute Gasteiger partial charge is 0.488 e. The average molecular weight is 421 g/mol. The molecule has 2 atom stereocenters. The summed E-state index contributed by atoms with van der Waals surface area (Å²) in [6, 6.07) is 6.30. The molecule has 7 nitrogen and oxygen atoms in total. The summed E-state index contributed by atoms with van der Waals surface area (Å²) in [4.78, 5) is 6.97. The Morgan fingerprint density at radius 1 is 1.30 bits per heavy atom. The van der Waals surface area contributed by atoms with Crippen LogP contribution in [-0.4, -0.2) is 76.6 Å². The Balaban J connectivity index is 2.00. The Bertz CT molecular complexity index is 645. The van der Waals surface area contributed by atoms with Gasteiger partial charge in [-0.15, -0.1) is 0 Å². The van der Waals surface area contributed by atoms with Crippen molar-refractivity contribution in [1.82, 2.24) is 15.5 Å². The summed E-state index contributed by atoms with van der Waals surface area (Å²) in [5.41, 5.74) is 2.26. The van der Waals surface area contributed by atoms with Crippen LogP contribution in [0.5, 0.6) is 5.75 Å². The smallest absolute Gasteiger partial charge is 0.191 e. The lowest BCUT2D eigenvalue weighted by Gasteiger charge is -2.21. The number of aliphatic imine (C=N–C) groups is 1. The number of hydrogen-bond donors (Lipinski definition) is 2. The van der Waals surface area contributed by atoms with E-state index in [-0.39, 0.29) is 12.2 Å². The average Bonchev–Trinajstić information content (AvgIpc) is 3.22. The van der Waals surface area contributed by atoms with Crippen molar-refractivity contribution in [2.75, 3.05) is 53.6 Å². The number of ether oxygens (including phenoxy) is 3. The fraction of sp³-hybridized carbons (Fsp3) is 0.696. The molecule has 2 unspecified atom stereocenters. The van der Waals surface area contributed by atoms with Gasteiger partial charge in [-0.2, -0.15) is 0 Å². The monoisotopic (exact) mass is 420 g/mol. The van der Waals surface area contributed by atoms with E-state index in [2.05, 4.69) is 61.7 Å². The summed E-state index contributed by atoms with van der Waals surface area (Å²) in [6.45, 7) is 11.4. The number of benzene rings is 1. The highest BCUT2D eigenvalue weighted by atomic mass is 16.5. The molecule has 1 aromatic carbocycles. The van der Waals surface area contributed by atoms with Crippen LogP contribution in [-0.2, 0) is 16.0 Å². The molecule has 170 valence electrons. The second-order valence-electron chi connectivity index (χ2n) is 7.96. The first-order chi connectivity index (χ1) is 14.5. The molecule has 0 saturated carbocycles. The van der Waals surface area contributed by atoms with Crippen LogP contribution in [0.4, 0.5) is 0 Å². The summed E-state index contributed by atoms with van der Waals surface area (Å²) in [5, 5.41) is 6.77. The lowest BCUT2D eigenvalue weighted by molar-refractivity contribution is 0.0548. The van der Waals surface area contributed by atoms with E-state index in [1.54, 1.807) is 0 Å². The number of nitrogens with one attached hydrogen (secondary N) is 2.